The Morgan fingerprint density at radius 2 is 1.92 bits per heavy atom. The average molecular weight is 434 g/mol. The zero-order valence-corrected chi connectivity index (χ0v) is 15.9. The number of ether oxygens (including phenoxy) is 1. The first-order valence-electron chi connectivity index (χ1n) is 6.66. The van der Waals surface area contributed by atoms with Crippen molar-refractivity contribution in [2.45, 2.75) is 11.8 Å². The molecule has 0 heterocycles. The lowest BCUT2D eigenvalue weighted by Gasteiger charge is -2.13. The molecule has 128 valence electrons. The van der Waals surface area contributed by atoms with E-state index < -0.39 is 10.0 Å². The highest BCUT2D eigenvalue weighted by Crippen LogP contribution is 2.31. The van der Waals surface area contributed by atoms with Gasteiger partial charge in [-0.25, -0.2) is 8.42 Å². The van der Waals surface area contributed by atoms with E-state index in [1.54, 1.807) is 12.1 Å². The van der Waals surface area contributed by atoms with Gasteiger partial charge < -0.3 is 10.1 Å². The number of rotatable bonds is 5. The van der Waals surface area contributed by atoms with Crippen molar-refractivity contribution in [3.63, 3.8) is 0 Å². The van der Waals surface area contributed by atoms with Gasteiger partial charge in [-0.3, -0.25) is 9.52 Å². The van der Waals surface area contributed by atoms with Crippen LogP contribution >= 0.6 is 27.5 Å². The zero-order valence-electron chi connectivity index (χ0n) is 12.8. The molecule has 0 bridgehead atoms. The fraction of sp³-hybridized carbons (Fsp3) is 0.133. The summed E-state index contributed by atoms with van der Waals surface area (Å²) in [5.41, 5.74) is 0.566. The van der Waals surface area contributed by atoms with Crippen LogP contribution in [0.2, 0.25) is 5.02 Å². The van der Waals surface area contributed by atoms with Crippen LogP contribution in [-0.4, -0.2) is 21.4 Å². The van der Waals surface area contributed by atoms with Crippen molar-refractivity contribution in [3.05, 3.63) is 45.9 Å². The third-order valence-electron chi connectivity index (χ3n) is 2.94. The molecule has 0 aliphatic rings. The van der Waals surface area contributed by atoms with Crippen LogP contribution in [0.15, 0.2) is 45.8 Å². The molecule has 0 unspecified atom stereocenters. The van der Waals surface area contributed by atoms with E-state index in [0.717, 1.165) is 0 Å². The Balaban J connectivity index is 2.40. The smallest absolute Gasteiger partial charge is 0.265 e. The molecule has 0 fully saturated rings. The lowest BCUT2D eigenvalue weighted by Crippen LogP contribution is -2.14. The van der Waals surface area contributed by atoms with Gasteiger partial charge in [-0.2, -0.15) is 0 Å². The summed E-state index contributed by atoms with van der Waals surface area (Å²) < 4.78 is 33.4. The van der Waals surface area contributed by atoms with Crippen molar-refractivity contribution < 1.29 is 17.9 Å². The Morgan fingerprint density at radius 1 is 1.21 bits per heavy atom. The van der Waals surface area contributed by atoms with Crippen LogP contribution in [0.5, 0.6) is 5.75 Å². The van der Waals surface area contributed by atoms with Gasteiger partial charge in [0.2, 0.25) is 5.91 Å². The number of hydrogen-bond acceptors (Lipinski definition) is 4. The fourth-order valence-corrected chi connectivity index (χ4v) is 3.87. The van der Waals surface area contributed by atoms with E-state index in [0.29, 0.717) is 15.2 Å². The number of nitrogens with one attached hydrogen (secondary N) is 2. The number of carbonyl (C=O) groups excluding carboxylic acids is 1. The molecule has 1 amide bonds. The van der Waals surface area contributed by atoms with Gasteiger partial charge >= 0.3 is 0 Å². The molecule has 2 aromatic rings. The highest BCUT2D eigenvalue weighted by atomic mass is 79.9. The molecule has 9 heteroatoms. The maximum atomic E-state index is 12.6. The predicted octanol–water partition coefficient (Wildman–Crippen LogP) is 3.87. The lowest BCUT2D eigenvalue weighted by molar-refractivity contribution is -0.114. The van der Waals surface area contributed by atoms with Gasteiger partial charge in [-0.1, -0.05) is 27.5 Å². The Morgan fingerprint density at radius 3 is 2.54 bits per heavy atom. The maximum absolute atomic E-state index is 12.6. The van der Waals surface area contributed by atoms with Gasteiger partial charge in [0.25, 0.3) is 10.0 Å². The van der Waals surface area contributed by atoms with Gasteiger partial charge in [0, 0.05) is 11.4 Å². The number of anilines is 2. The van der Waals surface area contributed by atoms with Crippen molar-refractivity contribution >= 4 is 54.8 Å². The van der Waals surface area contributed by atoms with E-state index >= 15 is 0 Å². The molecule has 2 aromatic carbocycles. The lowest BCUT2D eigenvalue weighted by atomic mass is 10.3. The summed E-state index contributed by atoms with van der Waals surface area (Å²) >= 11 is 9.22. The zero-order chi connectivity index (χ0) is 17.9. The van der Waals surface area contributed by atoms with Crippen LogP contribution < -0.4 is 14.8 Å². The molecule has 0 saturated heterocycles. The number of halogens is 2. The van der Waals surface area contributed by atoms with Crippen molar-refractivity contribution in [2.24, 2.45) is 0 Å². The van der Waals surface area contributed by atoms with Gasteiger partial charge in [-0.15, -0.1) is 0 Å². The van der Waals surface area contributed by atoms with Crippen LogP contribution in [0.3, 0.4) is 0 Å². The van der Waals surface area contributed by atoms with E-state index in [1.807, 2.05) is 0 Å². The molecule has 0 radical (unpaired) electrons. The fourth-order valence-electron chi connectivity index (χ4n) is 1.94. The molecule has 0 saturated carbocycles. The van der Waals surface area contributed by atoms with Gasteiger partial charge in [0.15, 0.2) is 0 Å². The van der Waals surface area contributed by atoms with Crippen LogP contribution in [-0.2, 0) is 14.8 Å². The second-order valence-corrected chi connectivity index (χ2v) is 7.75. The Hall–Kier alpha value is -1.77. The van der Waals surface area contributed by atoms with E-state index in [-0.39, 0.29) is 22.2 Å². The summed E-state index contributed by atoms with van der Waals surface area (Å²) in [4.78, 5) is 11.2. The minimum Gasteiger partial charge on any atom is -0.495 e. The number of benzene rings is 2. The predicted molar refractivity (Wildman–Crippen MR) is 97.3 cm³/mol. The summed E-state index contributed by atoms with van der Waals surface area (Å²) in [6.45, 7) is 1.33. The highest BCUT2D eigenvalue weighted by Gasteiger charge is 2.20. The number of hydrogen-bond donors (Lipinski definition) is 2. The summed E-state index contributed by atoms with van der Waals surface area (Å²) in [7, 11) is -2.51. The van der Waals surface area contributed by atoms with Crippen molar-refractivity contribution in [1.82, 2.24) is 0 Å². The van der Waals surface area contributed by atoms with Crippen LogP contribution in [0.4, 0.5) is 11.4 Å². The highest BCUT2D eigenvalue weighted by molar-refractivity contribution is 9.10. The maximum Gasteiger partial charge on any atom is 0.265 e. The third kappa shape index (κ3) is 4.40. The summed E-state index contributed by atoms with van der Waals surface area (Å²) in [5.74, 6) is -0.104. The average Bonchev–Trinajstić information content (AvgIpc) is 2.50. The number of sulfonamides is 1. The second-order valence-electron chi connectivity index (χ2n) is 4.78. The molecule has 0 atom stereocenters. The monoisotopic (exact) mass is 432 g/mol. The third-order valence-corrected chi connectivity index (χ3v) is 5.17. The van der Waals surface area contributed by atoms with E-state index in [2.05, 4.69) is 26.0 Å². The Labute approximate surface area is 153 Å². The molecule has 0 aromatic heterocycles. The van der Waals surface area contributed by atoms with Gasteiger partial charge in [0.1, 0.15) is 10.6 Å². The van der Waals surface area contributed by atoms with Crippen molar-refractivity contribution in [1.29, 1.82) is 0 Å². The quantitative estimate of drug-likeness (QED) is 0.749. The Bertz CT molecular complexity index is 887. The molecule has 2 N–H and O–H groups in total. The van der Waals surface area contributed by atoms with Crippen LogP contribution in [0, 0.1) is 0 Å². The SMILES string of the molecule is COc1ccc(Br)cc1S(=O)(=O)Nc1ccc(Cl)c(NC(C)=O)c1. The summed E-state index contributed by atoms with van der Waals surface area (Å²) in [6.07, 6.45) is 0. The first kappa shape index (κ1) is 18.6. The first-order chi connectivity index (χ1) is 11.2. The molecule has 0 aliphatic carbocycles. The van der Waals surface area contributed by atoms with Crippen molar-refractivity contribution in [2.75, 3.05) is 17.1 Å². The minimum absolute atomic E-state index is 0.0181. The minimum atomic E-state index is -3.90. The van der Waals surface area contributed by atoms with Crippen LogP contribution in [0.1, 0.15) is 6.92 Å². The molecule has 6 nitrogen and oxygen atoms in total. The topological polar surface area (TPSA) is 84.5 Å². The summed E-state index contributed by atoms with van der Waals surface area (Å²) in [6, 6.07) is 9.08. The number of carbonyl (C=O) groups is 1. The molecular formula is C15H14BrClN2O4S. The number of methoxy groups -OCH3 is 1. The molecule has 24 heavy (non-hydrogen) atoms. The standard InChI is InChI=1S/C15H14BrClN2O4S/c1-9(20)18-13-8-11(4-5-12(13)17)19-24(21,22)15-7-10(16)3-6-14(15)23-2/h3-8,19H,1-2H3,(H,18,20). The van der Waals surface area contributed by atoms with E-state index in [9.17, 15) is 13.2 Å². The van der Waals surface area contributed by atoms with Crippen LogP contribution in [0.25, 0.3) is 0 Å². The molecule has 0 aliphatic heterocycles. The normalized spacial score (nSPS) is 11.0. The first-order valence-corrected chi connectivity index (χ1v) is 9.32. The molecule has 0 spiro atoms. The van der Waals surface area contributed by atoms with E-state index in [4.69, 9.17) is 16.3 Å². The van der Waals surface area contributed by atoms with Gasteiger partial charge in [0.05, 0.1) is 23.5 Å². The molecular weight excluding hydrogens is 420 g/mol. The number of amides is 1. The van der Waals surface area contributed by atoms with Crippen molar-refractivity contribution in [3.8, 4) is 5.75 Å². The second kappa shape index (κ2) is 7.42. The Kier molecular flexibility index (Phi) is 5.74. The summed E-state index contributed by atoms with van der Waals surface area (Å²) in [5, 5.41) is 2.83. The van der Waals surface area contributed by atoms with E-state index in [1.165, 1.54) is 38.3 Å². The van der Waals surface area contributed by atoms with Gasteiger partial charge in [-0.05, 0) is 36.4 Å². The molecule has 2 rings (SSSR count). The largest absolute Gasteiger partial charge is 0.495 e.